The first-order chi connectivity index (χ1) is 7.27. The van der Waals surface area contributed by atoms with E-state index >= 15 is 0 Å². The van der Waals surface area contributed by atoms with Gasteiger partial charge in [0, 0.05) is 0 Å². The summed E-state index contributed by atoms with van der Waals surface area (Å²) < 4.78 is 5.76. The number of halogens is 2. The van der Waals surface area contributed by atoms with Gasteiger partial charge in [0.1, 0.15) is 0 Å². The molecular weight excluding hydrogens is 303 g/mol. The van der Waals surface area contributed by atoms with Crippen LogP contribution in [0.3, 0.4) is 0 Å². The summed E-state index contributed by atoms with van der Waals surface area (Å²) in [5, 5.41) is 0. The molecule has 0 bridgehead atoms. The van der Waals surface area contributed by atoms with Gasteiger partial charge in [0.15, 0.2) is 0 Å². The van der Waals surface area contributed by atoms with Crippen LogP contribution in [0.4, 0.5) is 0 Å². The molecule has 0 fully saturated rings. The van der Waals surface area contributed by atoms with E-state index in [1.54, 1.807) is 0 Å². The third kappa shape index (κ3) is 5.20. The maximum absolute atomic E-state index is 5.76. The average molecular weight is 318 g/mol. The van der Waals surface area contributed by atoms with Gasteiger partial charge in [-0.1, -0.05) is 24.1 Å². The van der Waals surface area contributed by atoms with E-state index in [-0.39, 0.29) is 52.6 Å². The molecular formula is C14H15Cl2OTi. The fourth-order valence-corrected chi connectivity index (χ4v) is 1.64. The Morgan fingerprint density at radius 2 is 1.83 bits per heavy atom. The van der Waals surface area contributed by atoms with E-state index < -0.39 is 0 Å². The number of ether oxygens (including phenoxy) is 1. The van der Waals surface area contributed by atoms with E-state index in [1.807, 2.05) is 32.0 Å². The minimum atomic E-state index is 0. The second-order valence-corrected chi connectivity index (χ2v) is 3.86. The molecule has 1 radical (unpaired) electrons. The van der Waals surface area contributed by atoms with Crippen molar-refractivity contribution < 1.29 is 51.3 Å². The van der Waals surface area contributed by atoms with Gasteiger partial charge in [-0.25, -0.2) is 0 Å². The molecule has 4 heteroatoms. The summed E-state index contributed by atoms with van der Waals surface area (Å²) in [4.78, 5) is 0. The van der Waals surface area contributed by atoms with Gasteiger partial charge in [-0.05, 0) is 19.9 Å². The van der Waals surface area contributed by atoms with E-state index in [0.717, 1.165) is 23.3 Å². The Balaban J connectivity index is 0. The van der Waals surface area contributed by atoms with Gasteiger partial charge in [0.05, 0.1) is 11.9 Å². The molecule has 0 saturated carbocycles. The molecule has 0 heterocycles. The molecule has 18 heavy (non-hydrogen) atoms. The zero-order chi connectivity index (χ0) is 10.7. The maximum Gasteiger partial charge on any atom is 3.00 e. The molecule has 0 atom stereocenters. The van der Waals surface area contributed by atoms with E-state index in [0.29, 0.717) is 0 Å². The molecule has 0 unspecified atom stereocenters. The average Bonchev–Trinajstić information content (AvgIpc) is 2.70. The van der Waals surface area contributed by atoms with Gasteiger partial charge in [-0.3, -0.25) is 0 Å². The SMILES string of the molecule is CC(C)Oc1ccccc1C1=[C-]CC=C1.[Cl-].[Cl-].[Ti+3]. The molecule has 0 aliphatic heterocycles. The van der Waals surface area contributed by atoms with Crippen molar-refractivity contribution in [1.29, 1.82) is 0 Å². The van der Waals surface area contributed by atoms with Crippen LogP contribution in [0.25, 0.3) is 5.57 Å². The quantitative estimate of drug-likeness (QED) is 0.447. The van der Waals surface area contributed by atoms with Crippen molar-refractivity contribution in [3.63, 3.8) is 0 Å². The van der Waals surface area contributed by atoms with Crippen LogP contribution in [0, 0.1) is 6.08 Å². The van der Waals surface area contributed by atoms with E-state index in [2.05, 4.69) is 24.3 Å². The summed E-state index contributed by atoms with van der Waals surface area (Å²) in [6, 6.07) is 8.12. The first-order valence-electron chi connectivity index (χ1n) is 5.31. The Bertz CT molecular complexity index is 414. The number of allylic oxidation sites excluding steroid dienone is 4. The monoisotopic (exact) mass is 317 g/mol. The summed E-state index contributed by atoms with van der Waals surface area (Å²) >= 11 is 0. The van der Waals surface area contributed by atoms with Crippen molar-refractivity contribution in [1.82, 2.24) is 0 Å². The number of rotatable bonds is 3. The van der Waals surface area contributed by atoms with Crippen molar-refractivity contribution in [2.24, 2.45) is 0 Å². The zero-order valence-electron chi connectivity index (χ0n) is 10.4. The van der Waals surface area contributed by atoms with Gasteiger partial charge in [-0.15, -0.1) is 12.1 Å². The second kappa shape index (κ2) is 9.69. The minimum absolute atomic E-state index is 0. The van der Waals surface area contributed by atoms with Crippen molar-refractivity contribution >= 4 is 5.57 Å². The van der Waals surface area contributed by atoms with Gasteiger partial charge in [0.25, 0.3) is 0 Å². The molecule has 0 saturated heterocycles. The van der Waals surface area contributed by atoms with Crippen molar-refractivity contribution in [2.75, 3.05) is 0 Å². The second-order valence-electron chi connectivity index (χ2n) is 3.86. The molecule has 1 aliphatic rings. The van der Waals surface area contributed by atoms with Crippen LogP contribution in [-0.2, 0) is 21.7 Å². The Kier molecular flexibility index (Phi) is 10.8. The van der Waals surface area contributed by atoms with Crippen LogP contribution in [0.5, 0.6) is 5.75 Å². The number of para-hydroxylation sites is 1. The smallest absolute Gasteiger partial charge is 1.00 e. The third-order valence-corrected chi connectivity index (χ3v) is 2.23. The molecule has 1 aromatic rings. The fraction of sp³-hybridized carbons (Fsp3) is 0.286. The third-order valence-electron chi connectivity index (χ3n) is 2.23. The van der Waals surface area contributed by atoms with E-state index in [9.17, 15) is 0 Å². The summed E-state index contributed by atoms with van der Waals surface area (Å²) in [6.45, 7) is 4.08. The molecule has 1 nitrogen and oxygen atoms in total. The van der Waals surface area contributed by atoms with Crippen LogP contribution in [0.15, 0.2) is 36.4 Å². The number of hydrogen-bond donors (Lipinski definition) is 0. The largest absolute Gasteiger partial charge is 3.00 e. The Morgan fingerprint density at radius 1 is 1.17 bits per heavy atom. The van der Waals surface area contributed by atoms with Crippen molar-refractivity contribution in [3.05, 3.63) is 48.1 Å². The first-order valence-corrected chi connectivity index (χ1v) is 5.31. The van der Waals surface area contributed by atoms with E-state index in [1.165, 1.54) is 0 Å². The Hall–Kier alpha value is -0.206. The van der Waals surface area contributed by atoms with Crippen LogP contribution >= 0.6 is 0 Å². The topological polar surface area (TPSA) is 9.23 Å². The van der Waals surface area contributed by atoms with Crippen molar-refractivity contribution in [3.8, 4) is 5.75 Å². The molecule has 0 spiro atoms. The molecule has 1 aliphatic carbocycles. The minimum Gasteiger partial charge on any atom is -1.00 e. The van der Waals surface area contributed by atoms with Crippen LogP contribution in [0.2, 0.25) is 0 Å². The zero-order valence-corrected chi connectivity index (χ0v) is 13.5. The summed E-state index contributed by atoms with van der Waals surface area (Å²) in [7, 11) is 0. The standard InChI is InChI=1S/C14H15O.2ClH.Ti/c1-11(2)15-14-10-6-5-9-13(14)12-7-3-4-8-12;;;/h3,5-7,9-11H,4H2,1-2H3;2*1H;/q-1;;;+3/p-2. The van der Waals surface area contributed by atoms with Gasteiger partial charge in [-0.2, -0.15) is 17.7 Å². The molecule has 95 valence electrons. The number of hydrogen-bond acceptors (Lipinski definition) is 1. The predicted octanol–water partition coefficient (Wildman–Crippen LogP) is -2.37. The summed E-state index contributed by atoms with van der Waals surface area (Å²) in [6.07, 6.45) is 8.64. The van der Waals surface area contributed by atoms with Crippen LogP contribution < -0.4 is 29.6 Å². The van der Waals surface area contributed by atoms with Crippen LogP contribution in [0.1, 0.15) is 25.8 Å². The molecule has 0 amide bonds. The summed E-state index contributed by atoms with van der Waals surface area (Å²) in [5.41, 5.74) is 2.28. The normalized spacial score (nSPS) is 12.1. The van der Waals surface area contributed by atoms with Gasteiger partial charge >= 0.3 is 21.7 Å². The van der Waals surface area contributed by atoms with Crippen molar-refractivity contribution in [2.45, 2.75) is 26.4 Å². The first kappa shape index (κ1) is 20.1. The predicted molar refractivity (Wildman–Crippen MR) is 62.6 cm³/mol. The Labute approximate surface area is 136 Å². The van der Waals surface area contributed by atoms with E-state index in [4.69, 9.17) is 4.74 Å². The van der Waals surface area contributed by atoms with Crippen LogP contribution in [-0.4, -0.2) is 6.10 Å². The molecule has 0 N–H and O–H groups in total. The number of benzene rings is 1. The Morgan fingerprint density at radius 3 is 2.39 bits per heavy atom. The van der Waals surface area contributed by atoms with Gasteiger partial charge in [0.2, 0.25) is 0 Å². The maximum atomic E-state index is 5.76. The summed E-state index contributed by atoms with van der Waals surface area (Å²) in [5.74, 6) is 0.946. The molecule has 0 aromatic heterocycles. The fourth-order valence-electron chi connectivity index (χ4n) is 1.64. The van der Waals surface area contributed by atoms with Gasteiger partial charge < -0.3 is 29.6 Å². The molecule has 2 rings (SSSR count). The molecule has 1 aromatic carbocycles.